The molecular formula is C16H20N2O5. The molecule has 0 heterocycles. The largest absolute Gasteiger partial charge is 0.480 e. The van der Waals surface area contributed by atoms with Gasteiger partial charge in [0.05, 0.1) is 11.3 Å². The van der Waals surface area contributed by atoms with Crippen molar-refractivity contribution in [2.45, 2.75) is 44.6 Å². The van der Waals surface area contributed by atoms with Gasteiger partial charge in [-0.2, -0.15) is 0 Å². The lowest BCUT2D eigenvalue weighted by Crippen LogP contribution is -2.56. The molecule has 0 aromatic heterocycles. The predicted octanol–water partition coefficient (Wildman–Crippen LogP) is 2.29. The number of nitro benzene ring substituents is 1. The smallest absolute Gasteiger partial charge is 0.329 e. The Morgan fingerprint density at radius 1 is 1.39 bits per heavy atom. The zero-order valence-corrected chi connectivity index (χ0v) is 12.9. The number of carboxylic acid groups (broad SMARTS) is 1. The zero-order valence-electron chi connectivity index (χ0n) is 12.9. The minimum Gasteiger partial charge on any atom is -0.480 e. The van der Waals surface area contributed by atoms with E-state index in [1.807, 2.05) is 0 Å². The van der Waals surface area contributed by atoms with Gasteiger partial charge in [0.25, 0.3) is 5.69 Å². The summed E-state index contributed by atoms with van der Waals surface area (Å²) in [6.07, 6.45) is 2.24. The van der Waals surface area contributed by atoms with E-state index in [0.717, 1.165) is 12.8 Å². The van der Waals surface area contributed by atoms with Crippen LogP contribution in [0.5, 0.6) is 0 Å². The molecule has 124 valence electrons. The molecule has 0 radical (unpaired) electrons. The third kappa shape index (κ3) is 4.06. The van der Waals surface area contributed by atoms with Crippen LogP contribution in [0.25, 0.3) is 0 Å². The highest BCUT2D eigenvalue weighted by Crippen LogP contribution is 2.32. The first-order valence-electron chi connectivity index (χ1n) is 7.60. The molecule has 2 N–H and O–H groups in total. The predicted molar refractivity (Wildman–Crippen MR) is 82.9 cm³/mol. The molecule has 0 bridgehead atoms. The second-order valence-corrected chi connectivity index (χ2v) is 6.22. The van der Waals surface area contributed by atoms with Crippen molar-refractivity contribution in [1.29, 1.82) is 0 Å². The van der Waals surface area contributed by atoms with E-state index in [1.165, 1.54) is 18.2 Å². The highest BCUT2D eigenvalue weighted by atomic mass is 16.6. The number of nitrogens with one attached hydrogen (secondary N) is 1. The minimum absolute atomic E-state index is 0.0771. The van der Waals surface area contributed by atoms with Gasteiger partial charge in [0.15, 0.2) is 0 Å². The normalized spacial score (nSPS) is 24.0. The molecule has 7 nitrogen and oxygen atoms in total. The third-order valence-electron chi connectivity index (χ3n) is 4.40. The maximum atomic E-state index is 12.2. The molecule has 1 fully saturated rings. The van der Waals surface area contributed by atoms with Gasteiger partial charge >= 0.3 is 5.97 Å². The quantitative estimate of drug-likeness (QED) is 0.639. The molecule has 1 aliphatic rings. The molecule has 1 amide bonds. The number of non-ortho nitro benzene ring substituents is 1. The van der Waals surface area contributed by atoms with Crippen LogP contribution >= 0.6 is 0 Å². The van der Waals surface area contributed by atoms with Gasteiger partial charge in [-0.25, -0.2) is 4.79 Å². The van der Waals surface area contributed by atoms with Crippen molar-refractivity contribution in [3.63, 3.8) is 0 Å². The molecule has 0 saturated heterocycles. The summed E-state index contributed by atoms with van der Waals surface area (Å²) >= 11 is 0. The first-order chi connectivity index (χ1) is 10.8. The lowest BCUT2D eigenvalue weighted by Gasteiger charge is -2.36. The maximum absolute atomic E-state index is 12.2. The van der Waals surface area contributed by atoms with E-state index in [1.54, 1.807) is 6.07 Å². The van der Waals surface area contributed by atoms with Gasteiger partial charge in [-0.05, 0) is 37.2 Å². The number of rotatable bonds is 5. The standard InChI is InChI=1S/C16H20N2O5/c1-11-5-7-16(8-6-11,15(20)21)17-14(19)10-12-3-2-4-13(9-12)18(22)23/h2-4,9,11H,5-8,10H2,1H3,(H,17,19)(H,20,21). The lowest BCUT2D eigenvalue weighted by molar-refractivity contribution is -0.384. The van der Waals surface area contributed by atoms with Crippen molar-refractivity contribution in [3.8, 4) is 0 Å². The number of benzene rings is 1. The lowest BCUT2D eigenvalue weighted by atomic mass is 9.77. The van der Waals surface area contributed by atoms with Crippen LogP contribution in [0.4, 0.5) is 5.69 Å². The Bertz CT molecular complexity index is 621. The van der Waals surface area contributed by atoms with Crippen LogP contribution in [0, 0.1) is 16.0 Å². The first-order valence-corrected chi connectivity index (χ1v) is 7.60. The minimum atomic E-state index is -1.22. The van der Waals surface area contributed by atoms with Gasteiger partial charge in [-0.1, -0.05) is 19.1 Å². The Balaban J connectivity index is 2.07. The summed E-state index contributed by atoms with van der Waals surface area (Å²) in [7, 11) is 0. The Morgan fingerprint density at radius 2 is 2.04 bits per heavy atom. The monoisotopic (exact) mass is 320 g/mol. The summed E-state index contributed by atoms with van der Waals surface area (Å²) in [5.74, 6) is -0.990. The van der Waals surface area contributed by atoms with Crippen molar-refractivity contribution in [2.75, 3.05) is 0 Å². The summed E-state index contributed by atoms with van der Waals surface area (Å²) in [6.45, 7) is 2.07. The van der Waals surface area contributed by atoms with E-state index in [2.05, 4.69) is 12.2 Å². The van der Waals surface area contributed by atoms with Gasteiger partial charge < -0.3 is 10.4 Å². The van der Waals surface area contributed by atoms with Gasteiger partial charge in [-0.15, -0.1) is 0 Å². The van der Waals surface area contributed by atoms with Crippen molar-refractivity contribution in [2.24, 2.45) is 5.92 Å². The highest BCUT2D eigenvalue weighted by Gasteiger charge is 2.42. The fourth-order valence-corrected chi connectivity index (χ4v) is 2.92. The highest BCUT2D eigenvalue weighted by molar-refractivity contribution is 5.88. The SMILES string of the molecule is CC1CCC(NC(=O)Cc2cccc([N+](=O)[O-])c2)(C(=O)O)CC1. The maximum Gasteiger partial charge on any atom is 0.329 e. The van der Waals surface area contributed by atoms with Crippen molar-refractivity contribution in [3.05, 3.63) is 39.9 Å². The summed E-state index contributed by atoms with van der Waals surface area (Å²) < 4.78 is 0. The molecule has 0 spiro atoms. The molecule has 0 atom stereocenters. The molecule has 7 heteroatoms. The van der Waals surface area contributed by atoms with E-state index < -0.39 is 22.3 Å². The molecule has 0 unspecified atom stereocenters. The Kier molecular flexibility index (Phi) is 4.98. The van der Waals surface area contributed by atoms with Gasteiger partial charge in [0.2, 0.25) is 5.91 Å². The third-order valence-corrected chi connectivity index (χ3v) is 4.40. The summed E-state index contributed by atoms with van der Waals surface area (Å²) in [6, 6.07) is 5.80. The van der Waals surface area contributed by atoms with Gasteiger partial charge in [-0.3, -0.25) is 14.9 Å². The summed E-state index contributed by atoms with van der Waals surface area (Å²) in [5.41, 5.74) is -0.819. The Morgan fingerprint density at radius 3 is 2.61 bits per heavy atom. The molecule has 1 aromatic rings. The van der Waals surface area contributed by atoms with Crippen LogP contribution < -0.4 is 5.32 Å². The number of aliphatic carboxylic acids is 1. The molecule has 2 rings (SSSR count). The second kappa shape index (κ2) is 6.76. The van der Waals surface area contributed by atoms with Crippen molar-refractivity contribution in [1.82, 2.24) is 5.32 Å². The number of nitrogens with zero attached hydrogens (tertiary/aromatic N) is 1. The van der Waals surface area contributed by atoms with Gasteiger partial charge in [0.1, 0.15) is 5.54 Å². The number of carbonyl (C=O) groups excluding carboxylic acids is 1. The Labute approximate surface area is 133 Å². The van der Waals surface area contributed by atoms with Crippen LogP contribution in [0.1, 0.15) is 38.2 Å². The number of hydrogen-bond acceptors (Lipinski definition) is 4. The topological polar surface area (TPSA) is 110 Å². The summed E-state index contributed by atoms with van der Waals surface area (Å²) in [4.78, 5) is 34.0. The fourth-order valence-electron chi connectivity index (χ4n) is 2.92. The van der Waals surface area contributed by atoms with Crippen LogP contribution in [-0.4, -0.2) is 27.4 Å². The average Bonchev–Trinajstić information content (AvgIpc) is 2.49. The van der Waals surface area contributed by atoms with Crippen LogP contribution in [0.3, 0.4) is 0 Å². The van der Waals surface area contributed by atoms with Gasteiger partial charge in [0, 0.05) is 12.1 Å². The molecule has 1 aliphatic carbocycles. The van der Waals surface area contributed by atoms with Crippen LogP contribution in [-0.2, 0) is 16.0 Å². The van der Waals surface area contributed by atoms with E-state index in [0.29, 0.717) is 24.3 Å². The second-order valence-electron chi connectivity index (χ2n) is 6.22. The van der Waals surface area contributed by atoms with Crippen molar-refractivity contribution < 1.29 is 19.6 Å². The van der Waals surface area contributed by atoms with E-state index in [4.69, 9.17) is 0 Å². The first kappa shape index (κ1) is 16.9. The van der Waals surface area contributed by atoms with Crippen LogP contribution in [0.2, 0.25) is 0 Å². The molecule has 1 aromatic carbocycles. The number of nitro groups is 1. The molecule has 23 heavy (non-hydrogen) atoms. The average molecular weight is 320 g/mol. The van der Waals surface area contributed by atoms with E-state index in [-0.39, 0.29) is 12.1 Å². The van der Waals surface area contributed by atoms with Crippen molar-refractivity contribution >= 4 is 17.6 Å². The summed E-state index contributed by atoms with van der Waals surface area (Å²) in [5, 5.41) is 22.9. The fraction of sp³-hybridized carbons (Fsp3) is 0.500. The molecule has 0 aliphatic heterocycles. The molecular weight excluding hydrogens is 300 g/mol. The number of hydrogen-bond donors (Lipinski definition) is 2. The number of carboxylic acids is 1. The number of carbonyl (C=O) groups is 2. The van der Waals surface area contributed by atoms with E-state index in [9.17, 15) is 24.8 Å². The van der Waals surface area contributed by atoms with E-state index >= 15 is 0 Å². The van der Waals surface area contributed by atoms with Crippen LogP contribution in [0.15, 0.2) is 24.3 Å². The number of amides is 1. The zero-order chi connectivity index (χ0) is 17.0. The Hall–Kier alpha value is -2.44. The molecule has 1 saturated carbocycles.